The summed E-state index contributed by atoms with van der Waals surface area (Å²) in [5, 5.41) is 16.8. The number of carbonyl (C=O) groups excluding carboxylic acids is 2. The molecule has 0 aliphatic heterocycles. The largest absolute Gasteiger partial charge is 0.465 e. The lowest BCUT2D eigenvalue weighted by Gasteiger charge is -2.28. The van der Waals surface area contributed by atoms with Crippen LogP contribution < -0.4 is 21.7 Å². The molecule has 0 spiro atoms. The van der Waals surface area contributed by atoms with Crippen molar-refractivity contribution in [2.75, 3.05) is 13.1 Å². The summed E-state index contributed by atoms with van der Waals surface area (Å²) in [6, 6.07) is 8.80. The van der Waals surface area contributed by atoms with Gasteiger partial charge < -0.3 is 26.8 Å². The van der Waals surface area contributed by atoms with E-state index in [9.17, 15) is 14.4 Å². The number of unbranched alkanes of at least 4 members (excludes halogenated alkanes) is 4. The molecule has 8 nitrogen and oxygen atoms in total. The second-order valence-electron chi connectivity index (χ2n) is 6.74. The molecule has 0 radical (unpaired) electrons. The van der Waals surface area contributed by atoms with Crippen molar-refractivity contribution in [3.8, 4) is 0 Å². The topological polar surface area (TPSA) is 134 Å². The van der Waals surface area contributed by atoms with Crippen LogP contribution in [0.3, 0.4) is 0 Å². The molecular weight excluding hydrogens is 348 g/mol. The number of urea groups is 1. The summed E-state index contributed by atoms with van der Waals surface area (Å²) in [5.41, 5.74) is 4.64. The molecule has 0 bridgehead atoms. The van der Waals surface area contributed by atoms with E-state index < -0.39 is 17.7 Å². The van der Waals surface area contributed by atoms with Gasteiger partial charge in [-0.2, -0.15) is 0 Å². The van der Waals surface area contributed by atoms with Gasteiger partial charge in [-0.1, -0.05) is 49.6 Å². The third kappa shape index (κ3) is 9.48. The molecule has 8 heteroatoms. The molecule has 1 aromatic rings. The Morgan fingerprint density at radius 3 is 2.07 bits per heavy atom. The van der Waals surface area contributed by atoms with Crippen molar-refractivity contribution in [1.29, 1.82) is 0 Å². The number of benzene rings is 1. The molecule has 1 rings (SSSR count). The number of primary amides is 1. The average Bonchev–Trinajstić information content (AvgIpc) is 2.60. The Kier molecular flexibility index (Phi) is 9.71. The van der Waals surface area contributed by atoms with Gasteiger partial charge in [0, 0.05) is 19.5 Å². The lowest BCUT2D eigenvalue weighted by atomic mass is 9.91. The van der Waals surface area contributed by atoms with Crippen LogP contribution in [0.4, 0.5) is 9.59 Å². The number of rotatable bonds is 12. The van der Waals surface area contributed by atoms with Crippen molar-refractivity contribution in [3.63, 3.8) is 0 Å². The number of hydrogen-bond donors (Lipinski definition) is 5. The summed E-state index contributed by atoms with van der Waals surface area (Å²) in [6.07, 6.45) is 3.63. The van der Waals surface area contributed by atoms with Crippen LogP contribution >= 0.6 is 0 Å². The molecule has 6 N–H and O–H groups in total. The molecule has 1 aromatic carbocycles. The molecule has 0 heterocycles. The van der Waals surface area contributed by atoms with Gasteiger partial charge in [0.15, 0.2) is 0 Å². The van der Waals surface area contributed by atoms with Crippen molar-refractivity contribution in [3.05, 3.63) is 35.9 Å². The van der Waals surface area contributed by atoms with E-state index in [2.05, 4.69) is 16.0 Å². The van der Waals surface area contributed by atoms with Crippen LogP contribution in [0.5, 0.6) is 0 Å². The highest BCUT2D eigenvalue weighted by atomic mass is 16.4. The Morgan fingerprint density at radius 1 is 0.963 bits per heavy atom. The number of nitrogens with one attached hydrogen (secondary N) is 3. The zero-order valence-electron chi connectivity index (χ0n) is 15.8. The minimum absolute atomic E-state index is 0.277. The zero-order chi connectivity index (χ0) is 20.1. The molecule has 0 saturated heterocycles. The number of carboxylic acid groups (broad SMARTS) is 1. The fourth-order valence-corrected chi connectivity index (χ4v) is 2.81. The molecular formula is C19H30N4O4. The summed E-state index contributed by atoms with van der Waals surface area (Å²) in [6.45, 7) is 2.66. The summed E-state index contributed by atoms with van der Waals surface area (Å²) < 4.78 is 0. The third-order valence-corrected chi connectivity index (χ3v) is 4.22. The van der Waals surface area contributed by atoms with Crippen molar-refractivity contribution in [2.24, 2.45) is 5.73 Å². The van der Waals surface area contributed by atoms with Crippen LogP contribution in [0.25, 0.3) is 0 Å². The molecule has 27 heavy (non-hydrogen) atoms. The summed E-state index contributed by atoms with van der Waals surface area (Å²) in [5.74, 6) is -0.334. The van der Waals surface area contributed by atoms with Gasteiger partial charge in [-0.15, -0.1) is 0 Å². The van der Waals surface area contributed by atoms with Crippen LogP contribution in [-0.2, 0) is 11.2 Å². The molecule has 0 aromatic heterocycles. The lowest BCUT2D eigenvalue weighted by Crippen LogP contribution is -2.58. The summed E-state index contributed by atoms with van der Waals surface area (Å²) >= 11 is 0. The van der Waals surface area contributed by atoms with Crippen molar-refractivity contribution >= 4 is 18.0 Å². The number of carbonyl (C=O) groups is 3. The van der Waals surface area contributed by atoms with Crippen molar-refractivity contribution in [1.82, 2.24) is 16.0 Å². The standard InChI is InChI=1S/C19H30N4O4/c1-19(23-18(26)27,14-15-10-6-5-7-11-15)16(24)21-12-8-3-2-4-9-13-22-17(20)25/h5-7,10-11,23H,2-4,8-9,12-14H2,1H3,(H,21,24)(H,26,27)(H3,20,22,25). The highest BCUT2D eigenvalue weighted by molar-refractivity contribution is 5.89. The highest BCUT2D eigenvalue weighted by Crippen LogP contribution is 2.14. The predicted molar refractivity (Wildman–Crippen MR) is 103 cm³/mol. The van der Waals surface area contributed by atoms with Gasteiger partial charge in [0.1, 0.15) is 5.54 Å². The molecule has 0 fully saturated rings. The van der Waals surface area contributed by atoms with E-state index in [4.69, 9.17) is 10.8 Å². The first-order valence-electron chi connectivity index (χ1n) is 9.20. The van der Waals surface area contributed by atoms with Gasteiger partial charge in [0.05, 0.1) is 0 Å². The zero-order valence-corrected chi connectivity index (χ0v) is 15.8. The minimum Gasteiger partial charge on any atom is -0.465 e. The summed E-state index contributed by atoms with van der Waals surface area (Å²) in [7, 11) is 0. The fourth-order valence-electron chi connectivity index (χ4n) is 2.81. The first-order chi connectivity index (χ1) is 12.8. The monoisotopic (exact) mass is 378 g/mol. The maximum atomic E-state index is 12.6. The van der Waals surface area contributed by atoms with Gasteiger partial charge in [-0.25, -0.2) is 9.59 Å². The number of hydrogen-bond acceptors (Lipinski definition) is 3. The highest BCUT2D eigenvalue weighted by Gasteiger charge is 2.34. The van der Waals surface area contributed by atoms with Crippen LogP contribution in [0.1, 0.15) is 44.6 Å². The van der Waals surface area contributed by atoms with E-state index in [0.29, 0.717) is 13.1 Å². The normalized spacial score (nSPS) is 12.6. The van der Waals surface area contributed by atoms with E-state index in [1.807, 2.05) is 30.3 Å². The van der Waals surface area contributed by atoms with E-state index in [0.717, 1.165) is 37.7 Å². The van der Waals surface area contributed by atoms with Gasteiger partial charge >= 0.3 is 12.1 Å². The molecule has 0 saturated carbocycles. The maximum absolute atomic E-state index is 12.6. The molecule has 150 valence electrons. The van der Waals surface area contributed by atoms with Crippen molar-refractivity contribution in [2.45, 2.75) is 51.0 Å². The quantitative estimate of drug-likeness (QED) is 0.356. The second-order valence-corrected chi connectivity index (χ2v) is 6.74. The van der Waals surface area contributed by atoms with Crippen LogP contribution in [-0.4, -0.2) is 41.8 Å². The molecule has 1 unspecified atom stereocenters. The van der Waals surface area contributed by atoms with Gasteiger partial charge in [0.25, 0.3) is 0 Å². The van der Waals surface area contributed by atoms with Gasteiger partial charge in [-0.05, 0) is 25.3 Å². The number of amides is 4. The minimum atomic E-state index is -1.23. The van der Waals surface area contributed by atoms with Crippen molar-refractivity contribution < 1.29 is 19.5 Å². The Hall–Kier alpha value is -2.77. The Bertz CT molecular complexity index is 609. The molecule has 0 aliphatic rings. The van der Waals surface area contributed by atoms with Gasteiger partial charge in [0.2, 0.25) is 5.91 Å². The van der Waals surface area contributed by atoms with E-state index in [1.165, 1.54) is 0 Å². The summed E-state index contributed by atoms with van der Waals surface area (Å²) in [4.78, 5) is 34.2. The Morgan fingerprint density at radius 2 is 1.52 bits per heavy atom. The third-order valence-electron chi connectivity index (χ3n) is 4.22. The maximum Gasteiger partial charge on any atom is 0.405 e. The Labute approximate surface area is 159 Å². The van der Waals surface area contributed by atoms with E-state index in [1.54, 1.807) is 6.92 Å². The molecule has 4 amide bonds. The second kappa shape index (κ2) is 11.8. The number of nitrogens with two attached hydrogens (primary N) is 1. The van der Waals surface area contributed by atoms with E-state index >= 15 is 0 Å². The lowest BCUT2D eigenvalue weighted by molar-refractivity contribution is -0.126. The molecule has 0 aliphatic carbocycles. The van der Waals surface area contributed by atoms with Gasteiger partial charge in [-0.3, -0.25) is 4.79 Å². The first kappa shape index (κ1) is 22.3. The average molecular weight is 378 g/mol. The molecule has 1 atom stereocenters. The Balaban J connectivity index is 2.35. The first-order valence-corrected chi connectivity index (χ1v) is 9.20. The van der Waals surface area contributed by atoms with Crippen LogP contribution in [0, 0.1) is 0 Å². The van der Waals surface area contributed by atoms with Crippen LogP contribution in [0.2, 0.25) is 0 Å². The van der Waals surface area contributed by atoms with Crippen LogP contribution in [0.15, 0.2) is 30.3 Å². The fraction of sp³-hybridized carbons (Fsp3) is 0.526. The SMILES string of the molecule is CC(Cc1ccccc1)(NC(=O)O)C(=O)NCCCCCCCNC(N)=O. The smallest absolute Gasteiger partial charge is 0.405 e. The predicted octanol–water partition coefficient (Wildman–Crippen LogP) is 1.99. The van der Waals surface area contributed by atoms with E-state index in [-0.39, 0.29) is 12.3 Å².